The Kier molecular flexibility index (Phi) is 2.65. The van der Waals surface area contributed by atoms with E-state index in [-0.39, 0.29) is 35.5 Å². The third kappa shape index (κ3) is 1.72. The topological polar surface area (TPSA) is 63.7 Å². The Bertz CT molecular complexity index is 760. The zero-order valence-corrected chi connectivity index (χ0v) is 13.2. The van der Waals surface area contributed by atoms with Crippen LogP contribution >= 0.6 is 0 Å². The summed E-state index contributed by atoms with van der Waals surface area (Å²) < 4.78 is 5.01. The predicted octanol–water partition coefficient (Wildman–Crippen LogP) is 2.17. The van der Waals surface area contributed by atoms with E-state index in [4.69, 9.17) is 4.74 Å². The first-order valence-corrected chi connectivity index (χ1v) is 8.41. The maximum absolute atomic E-state index is 13.0. The van der Waals surface area contributed by atoms with E-state index in [0.717, 1.165) is 6.42 Å². The molecule has 2 amide bonds. The molecule has 5 nitrogen and oxygen atoms in total. The van der Waals surface area contributed by atoms with Gasteiger partial charge < -0.3 is 4.74 Å². The number of benzene rings is 1. The average molecular weight is 323 g/mol. The van der Waals surface area contributed by atoms with E-state index in [1.54, 1.807) is 24.3 Å². The molecule has 122 valence electrons. The van der Waals surface area contributed by atoms with Crippen LogP contribution in [0, 0.1) is 35.5 Å². The molecule has 6 atom stereocenters. The van der Waals surface area contributed by atoms with Crippen molar-refractivity contribution in [1.82, 2.24) is 0 Å². The summed E-state index contributed by atoms with van der Waals surface area (Å²) in [4.78, 5) is 38.2. The van der Waals surface area contributed by atoms with Crippen LogP contribution in [-0.2, 0) is 14.4 Å². The van der Waals surface area contributed by atoms with Crippen molar-refractivity contribution in [2.75, 3.05) is 4.90 Å². The summed E-state index contributed by atoms with van der Waals surface area (Å²) in [6, 6.07) is 6.57. The number of amides is 2. The molecule has 1 aliphatic heterocycles. The zero-order valence-electron chi connectivity index (χ0n) is 13.2. The van der Waals surface area contributed by atoms with Crippen molar-refractivity contribution in [3.63, 3.8) is 0 Å². The van der Waals surface area contributed by atoms with Gasteiger partial charge in [0.1, 0.15) is 5.75 Å². The Hall–Kier alpha value is -2.43. The number of esters is 1. The highest BCUT2D eigenvalue weighted by Gasteiger charge is 2.67. The van der Waals surface area contributed by atoms with Gasteiger partial charge in [-0.3, -0.25) is 19.3 Å². The Balaban J connectivity index is 1.47. The van der Waals surface area contributed by atoms with Gasteiger partial charge in [-0.05, 0) is 54.4 Å². The minimum atomic E-state index is -0.399. The van der Waals surface area contributed by atoms with Crippen LogP contribution < -0.4 is 9.64 Å². The van der Waals surface area contributed by atoms with Crippen molar-refractivity contribution in [2.45, 2.75) is 13.3 Å². The van der Waals surface area contributed by atoms with E-state index in [9.17, 15) is 14.4 Å². The molecule has 1 aromatic carbocycles. The number of ether oxygens (including phenoxy) is 1. The van der Waals surface area contributed by atoms with Crippen LogP contribution in [0.1, 0.15) is 13.3 Å². The third-order valence-corrected chi connectivity index (χ3v) is 6.02. The second-order valence-electron chi connectivity index (χ2n) is 7.25. The second kappa shape index (κ2) is 4.56. The maximum Gasteiger partial charge on any atom is 0.308 e. The molecular weight excluding hydrogens is 306 g/mol. The van der Waals surface area contributed by atoms with Gasteiger partial charge in [0, 0.05) is 6.92 Å². The number of carbonyl (C=O) groups excluding carboxylic acids is 3. The molecule has 5 aliphatic rings. The first kappa shape index (κ1) is 14.0. The van der Waals surface area contributed by atoms with E-state index in [2.05, 4.69) is 12.2 Å². The molecule has 2 saturated carbocycles. The summed E-state index contributed by atoms with van der Waals surface area (Å²) >= 11 is 0. The Morgan fingerprint density at radius 3 is 2.04 bits per heavy atom. The van der Waals surface area contributed by atoms with Crippen LogP contribution in [0.2, 0.25) is 0 Å². The number of allylic oxidation sites excluding steroid dienone is 2. The van der Waals surface area contributed by atoms with Crippen molar-refractivity contribution >= 4 is 23.5 Å². The molecule has 0 radical (unpaired) electrons. The number of rotatable bonds is 2. The summed E-state index contributed by atoms with van der Waals surface area (Å²) in [6.45, 7) is 1.33. The standard InChI is InChI=1S/C19H17NO4/c1-9(21)24-11-4-2-10(3-5-11)20-18(22)16-12-6-7-13(15-8-14(12)15)17(16)19(20)23/h2-7,12-17H,8H2,1H3/t12-,13-,14-,15+,16-,17-/m1/s1. The van der Waals surface area contributed by atoms with E-state index >= 15 is 0 Å². The summed E-state index contributed by atoms with van der Waals surface area (Å²) in [5, 5.41) is 0. The van der Waals surface area contributed by atoms with Gasteiger partial charge in [-0.2, -0.15) is 0 Å². The molecule has 1 aromatic rings. The molecule has 2 bridgehead atoms. The van der Waals surface area contributed by atoms with Crippen LogP contribution in [0.4, 0.5) is 5.69 Å². The van der Waals surface area contributed by atoms with Gasteiger partial charge in [-0.15, -0.1) is 0 Å². The molecule has 5 heteroatoms. The minimum Gasteiger partial charge on any atom is -0.427 e. The highest BCUT2D eigenvalue weighted by Crippen LogP contribution is 2.65. The summed E-state index contributed by atoms with van der Waals surface area (Å²) in [6.07, 6.45) is 5.49. The summed E-state index contributed by atoms with van der Waals surface area (Å²) in [7, 11) is 0. The van der Waals surface area contributed by atoms with Crippen molar-refractivity contribution in [1.29, 1.82) is 0 Å². The molecule has 24 heavy (non-hydrogen) atoms. The lowest BCUT2D eigenvalue weighted by Gasteiger charge is -2.37. The summed E-state index contributed by atoms with van der Waals surface area (Å²) in [5.41, 5.74) is 0.559. The molecule has 0 spiro atoms. The van der Waals surface area contributed by atoms with Gasteiger partial charge in [0.15, 0.2) is 0 Å². The Labute approximate surface area is 139 Å². The number of hydrogen-bond acceptors (Lipinski definition) is 4. The van der Waals surface area contributed by atoms with Gasteiger partial charge in [-0.25, -0.2) is 0 Å². The van der Waals surface area contributed by atoms with Crippen molar-refractivity contribution < 1.29 is 19.1 Å². The molecule has 0 unspecified atom stereocenters. The number of imide groups is 1. The Morgan fingerprint density at radius 1 is 1.00 bits per heavy atom. The van der Waals surface area contributed by atoms with Gasteiger partial charge >= 0.3 is 5.97 Å². The lowest BCUT2D eigenvalue weighted by molar-refractivity contribution is -0.132. The lowest BCUT2D eigenvalue weighted by Crippen LogP contribution is -2.40. The van der Waals surface area contributed by atoms with Crippen LogP contribution in [0.25, 0.3) is 0 Å². The number of carbonyl (C=O) groups is 3. The van der Waals surface area contributed by atoms with E-state index in [1.807, 2.05) is 0 Å². The largest absolute Gasteiger partial charge is 0.427 e. The molecule has 4 aliphatic carbocycles. The zero-order chi connectivity index (χ0) is 16.6. The smallest absolute Gasteiger partial charge is 0.308 e. The molecule has 0 N–H and O–H groups in total. The SMILES string of the molecule is CC(=O)Oc1ccc(N2C(=O)[C@@H]3[C@@H]4C=C[C@H]([C@@H]5C[C@H]45)[C@H]3C2=O)cc1. The van der Waals surface area contributed by atoms with Gasteiger partial charge in [-0.1, -0.05) is 12.2 Å². The first-order chi connectivity index (χ1) is 11.6. The lowest BCUT2D eigenvalue weighted by atomic mass is 9.63. The van der Waals surface area contributed by atoms with Crippen LogP contribution in [0.15, 0.2) is 36.4 Å². The fraction of sp³-hybridized carbons (Fsp3) is 0.421. The molecule has 1 heterocycles. The number of anilines is 1. The fourth-order valence-electron chi connectivity index (χ4n) is 5.04. The number of hydrogen-bond donors (Lipinski definition) is 0. The van der Waals surface area contributed by atoms with Crippen molar-refractivity contribution in [2.24, 2.45) is 35.5 Å². The van der Waals surface area contributed by atoms with Gasteiger partial charge in [0.05, 0.1) is 17.5 Å². The maximum atomic E-state index is 13.0. The van der Waals surface area contributed by atoms with E-state index < -0.39 is 5.97 Å². The Morgan fingerprint density at radius 2 is 1.54 bits per heavy atom. The highest BCUT2D eigenvalue weighted by atomic mass is 16.5. The van der Waals surface area contributed by atoms with Gasteiger partial charge in [0.25, 0.3) is 0 Å². The van der Waals surface area contributed by atoms with Crippen LogP contribution in [-0.4, -0.2) is 17.8 Å². The molecule has 0 aromatic heterocycles. The highest BCUT2D eigenvalue weighted by molar-refractivity contribution is 6.22. The van der Waals surface area contributed by atoms with E-state index in [0.29, 0.717) is 23.3 Å². The second-order valence-corrected chi connectivity index (χ2v) is 7.25. The third-order valence-electron chi connectivity index (χ3n) is 6.02. The quantitative estimate of drug-likeness (QED) is 0.362. The average Bonchev–Trinajstić information content (AvgIpc) is 3.33. The normalized spacial score (nSPS) is 38.1. The monoisotopic (exact) mass is 323 g/mol. The van der Waals surface area contributed by atoms with Crippen molar-refractivity contribution in [3.8, 4) is 5.75 Å². The van der Waals surface area contributed by atoms with E-state index in [1.165, 1.54) is 11.8 Å². The van der Waals surface area contributed by atoms with Crippen LogP contribution in [0.3, 0.4) is 0 Å². The predicted molar refractivity (Wildman–Crippen MR) is 84.9 cm³/mol. The van der Waals surface area contributed by atoms with Crippen LogP contribution in [0.5, 0.6) is 5.75 Å². The molecule has 3 fully saturated rings. The first-order valence-electron chi connectivity index (χ1n) is 8.41. The summed E-state index contributed by atoms with van der Waals surface area (Å²) in [5.74, 6) is 1.14. The molecule has 6 rings (SSSR count). The fourth-order valence-corrected chi connectivity index (χ4v) is 5.04. The van der Waals surface area contributed by atoms with Crippen molar-refractivity contribution in [3.05, 3.63) is 36.4 Å². The minimum absolute atomic E-state index is 0.0741. The van der Waals surface area contributed by atoms with Gasteiger partial charge in [0.2, 0.25) is 11.8 Å². The molecular formula is C19H17NO4. The number of nitrogens with zero attached hydrogens (tertiary/aromatic N) is 1. The molecule has 1 saturated heterocycles.